The molecule has 234 valence electrons. The van der Waals surface area contributed by atoms with Crippen molar-refractivity contribution >= 4 is 38.9 Å². The van der Waals surface area contributed by atoms with Crippen LogP contribution in [0.15, 0.2) is 164 Å². The van der Waals surface area contributed by atoms with Crippen LogP contribution in [0.2, 0.25) is 0 Å². The molecule has 3 heterocycles. The molecule has 0 atom stereocenters. The van der Waals surface area contributed by atoms with Crippen LogP contribution in [0, 0.1) is 0 Å². The van der Waals surface area contributed by atoms with Crippen molar-refractivity contribution in [3.05, 3.63) is 192 Å². The maximum atomic E-state index is 7.11. The minimum Gasteiger partial charge on any atom is -0.456 e. The molecule has 4 N–H and O–H groups in total. The Hall–Kier alpha value is -6.14. The van der Waals surface area contributed by atoms with E-state index in [1.807, 2.05) is 12.1 Å². The van der Waals surface area contributed by atoms with Crippen molar-refractivity contribution in [1.29, 1.82) is 0 Å². The summed E-state index contributed by atoms with van der Waals surface area (Å²) in [6.45, 7) is 0. The van der Waals surface area contributed by atoms with Gasteiger partial charge in [-0.1, -0.05) is 109 Å². The lowest BCUT2D eigenvalue weighted by atomic mass is 9.61. The highest BCUT2D eigenvalue weighted by molar-refractivity contribution is 6.13. The fourth-order valence-electron chi connectivity index (χ4n) is 8.38. The number of rotatable bonds is 3. The number of ether oxygens (including phenoxy) is 1. The monoisotopic (exact) mass is 632 g/mol. The average molecular weight is 633 g/mol. The molecule has 10 rings (SSSR count). The van der Waals surface area contributed by atoms with E-state index < -0.39 is 11.6 Å². The summed E-state index contributed by atoms with van der Waals surface area (Å²) in [5.41, 5.74) is 23.8. The number of benzene rings is 7. The van der Waals surface area contributed by atoms with Crippen molar-refractivity contribution < 1.29 is 4.74 Å². The van der Waals surface area contributed by atoms with Crippen LogP contribution in [0.5, 0.6) is 11.5 Å². The Morgan fingerprint density at radius 1 is 0.510 bits per heavy atom. The largest absolute Gasteiger partial charge is 0.456 e. The van der Waals surface area contributed by atoms with Crippen LogP contribution >= 0.6 is 0 Å². The van der Waals surface area contributed by atoms with Crippen LogP contribution in [-0.4, -0.2) is 4.57 Å². The highest BCUT2D eigenvalue weighted by Gasteiger charge is 2.51. The summed E-state index contributed by atoms with van der Waals surface area (Å²) in [6, 6.07) is 58.2. The lowest BCUT2D eigenvalue weighted by Crippen LogP contribution is -2.39. The molecule has 0 bridgehead atoms. The molecular weight excluding hydrogens is 601 g/mol. The molecule has 0 saturated heterocycles. The van der Waals surface area contributed by atoms with Gasteiger partial charge in [0.05, 0.1) is 39.4 Å². The highest BCUT2D eigenvalue weighted by atomic mass is 16.5. The highest BCUT2D eigenvalue weighted by Crippen LogP contribution is 2.64. The van der Waals surface area contributed by atoms with Crippen molar-refractivity contribution in [3.8, 4) is 17.2 Å². The lowest BCUT2D eigenvalue weighted by molar-refractivity contribution is 0.439. The van der Waals surface area contributed by atoms with Gasteiger partial charge in [0.25, 0.3) is 0 Å². The van der Waals surface area contributed by atoms with Gasteiger partial charge in [-0.25, -0.2) is 0 Å². The van der Waals surface area contributed by atoms with Crippen molar-refractivity contribution in [1.82, 2.24) is 4.57 Å². The molecule has 0 unspecified atom stereocenters. The van der Waals surface area contributed by atoms with Gasteiger partial charge in [-0.05, 0) is 71.3 Å². The predicted molar refractivity (Wildman–Crippen MR) is 199 cm³/mol. The number of aromatic nitrogens is 1. The van der Waals surface area contributed by atoms with Crippen molar-refractivity contribution in [2.24, 2.45) is 11.5 Å². The summed E-state index contributed by atoms with van der Waals surface area (Å²) in [5, 5.41) is 2.19. The van der Waals surface area contributed by atoms with Crippen LogP contribution in [0.4, 0.5) is 17.1 Å². The molecule has 0 radical (unpaired) electrons. The zero-order valence-electron chi connectivity index (χ0n) is 26.6. The van der Waals surface area contributed by atoms with Gasteiger partial charge in [0.15, 0.2) is 0 Å². The molecule has 5 heteroatoms. The van der Waals surface area contributed by atoms with E-state index in [0.717, 1.165) is 72.7 Å². The van der Waals surface area contributed by atoms with Crippen molar-refractivity contribution in [2.45, 2.75) is 11.6 Å². The number of nitrogens with two attached hydrogens (primary N) is 2. The van der Waals surface area contributed by atoms with Gasteiger partial charge >= 0.3 is 0 Å². The van der Waals surface area contributed by atoms with E-state index >= 15 is 0 Å². The van der Waals surface area contributed by atoms with E-state index in [9.17, 15) is 0 Å². The third-order valence-corrected chi connectivity index (χ3v) is 10.3. The van der Waals surface area contributed by atoms with Crippen LogP contribution in [0.25, 0.3) is 27.5 Å². The Bertz CT molecular complexity index is 2540. The smallest absolute Gasteiger partial charge is 0.142 e. The first-order chi connectivity index (χ1) is 24.2. The van der Waals surface area contributed by atoms with E-state index in [4.69, 9.17) is 16.2 Å². The molecule has 0 amide bonds. The normalized spacial score (nSPS) is 14.0. The van der Waals surface area contributed by atoms with Crippen molar-refractivity contribution in [3.63, 3.8) is 0 Å². The van der Waals surface area contributed by atoms with Gasteiger partial charge in [0.1, 0.15) is 11.5 Å². The second-order valence-corrected chi connectivity index (χ2v) is 12.9. The summed E-state index contributed by atoms with van der Waals surface area (Å²) < 4.78 is 9.41. The molecule has 8 aromatic rings. The molecule has 2 aliphatic heterocycles. The summed E-state index contributed by atoms with van der Waals surface area (Å²) in [6.07, 6.45) is -0.567. The fourth-order valence-corrected chi connectivity index (χ4v) is 8.38. The van der Waals surface area contributed by atoms with Gasteiger partial charge in [0, 0.05) is 27.9 Å². The summed E-state index contributed by atoms with van der Waals surface area (Å²) in [4.78, 5) is 2.40. The van der Waals surface area contributed by atoms with Crippen LogP contribution < -0.4 is 21.1 Å². The fraction of sp³-hybridized carbons (Fsp3) is 0.0455. The Balaban J connectivity index is 1.35. The number of hydrogen-bond acceptors (Lipinski definition) is 4. The second-order valence-electron chi connectivity index (χ2n) is 12.9. The van der Waals surface area contributed by atoms with Gasteiger partial charge in [-0.2, -0.15) is 0 Å². The molecule has 7 aromatic carbocycles. The molecule has 0 saturated carbocycles. The van der Waals surface area contributed by atoms with Gasteiger partial charge in [-0.3, -0.25) is 0 Å². The van der Waals surface area contributed by atoms with E-state index in [1.165, 1.54) is 11.1 Å². The third-order valence-electron chi connectivity index (χ3n) is 10.3. The van der Waals surface area contributed by atoms with E-state index in [-0.39, 0.29) is 0 Å². The number of hydrogen-bond donors (Lipinski definition) is 2. The van der Waals surface area contributed by atoms with E-state index in [0.29, 0.717) is 0 Å². The number of fused-ring (bicyclic) bond motifs is 12. The first kappa shape index (κ1) is 27.9. The molecule has 49 heavy (non-hydrogen) atoms. The molecule has 0 aliphatic carbocycles. The lowest BCUT2D eigenvalue weighted by Gasteiger charge is -2.48. The molecule has 2 aliphatic rings. The second kappa shape index (κ2) is 10.4. The minimum atomic E-state index is -0.647. The topological polar surface area (TPSA) is 69.4 Å². The van der Waals surface area contributed by atoms with Crippen LogP contribution in [0.1, 0.15) is 34.0 Å². The number of anilines is 3. The SMILES string of the molecule is NC(N)c1cccc(-n2c3ccccc3c3c4c(ccc32)C2(c3ccccc3O4)c3ccccc3N(c3ccccc3)c3ccccc32)c1. The average Bonchev–Trinajstić information content (AvgIpc) is 3.50. The molecule has 1 spiro atoms. The van der Waals surface area contributed by atoms with E-state index in [2.05, 4.69) is 161 Å². The third kappa shape index (κ3) is 3.77. The van der Waals surface area contributed by atoms with Gasteiger partial charge in [0.2, 0.25) is 0 Å². The molecular formula is C44H32N4O. The first-order valence-electron chi connectivity index (χ1n) is 16.7. The Morgan fingerprint density at radius 2 is 1.14 bits per heavy atom. The molecule has 0 fully saturated rings. The van der Waals surface area contributed by atoms with Gasteiger partial charge < -0.3 is 25.7 Å². The first-order valence-corrected chi connectivity index (χ1v) is 16.7. The number of nitrogens with zero attached hydrogens (tertiary/aromatic N) is 2. The summed E-state index contributed by atoms with van der Waals surface area (Å²) >= 11 is 0. The summed E-state index contributed by atoms with van der Waals surface area (Å²) in [5.74, 6) is 1.73. The zero-order valence-corrected chi connectivity index (χ0v) is 26.6. The molecule has 1 aromatic heterocycles. The summed E-state index contributed by atoms with van der Waals surface area (Å²) in [7, 11) is 0. The van der Waals surface area contributed by atoms with Crippen LogP contribution in [-0.2, 0) is 5.41 Å². The Labute approximate surface area is 284 Å². The van der Waals surface area contributed by atoms with Gasteiger partial charge in [-0.15, -0.1) is 0 Å². The maximum Gasteiger partial charge on any atom is 0.142 e. The quantitative estimate of drug-likeness (QED) is 0.190. The molecule has 5 nitrogen and oxygen atoms in total. The van der Waals surface area contributed by atoms with Crippen LogP contribution in [0.3, 0.4) is 0 Å². The van der Waals surface area contributed by atoms with Crippen molar-refractivity contribution in [2.75, 3.05) is 4.90 Å². The predicted octanol–water partition coefficient (Wildman–Crippen LogP) is 9.97. The Kier molecular flexibility index (Phi) is 5.94. The standard InChI is InChI=1S/C44H32N4O/c45-43(46)28-13-12-16-30(27-28)48-36-21-8-4-17-31(36)41-39(48)26-25-35-42(41)49-40-24-11-7-20-34(40)44(35)32-18-5-9-22-37(32)47(29-14-2-1-3-15-29)38-23-10-6-19-33(38)44/h1-27,43H,45-46H2. The van der Waals surface area contributed by atoms with E-state index in [1.54, 1.807) is 0 Å². The minimum absolute atomic E-state index is 0.567. The zero-order chi connectivity index (χ0) is 32.7. The maximum absolute atomic E-state index is 7.11. The Morgan fingerprint density at radius 3 is 1.90 bits per heavy atom. The number of para-hydroxylation sites is 5.